The number of piperidine rings is 1. The normalized spacial score (nSPS) is 15.4. The first-order valence-electron chi connectivity index (χ1n) is 9.55. The molecular formula is C22H27NO4. The maximum absolute atomic E-state index is 11.0. The van der Waals surface area contributed by atoms with Gasteiger partial charge in [0.1, 0.15) is 18.1 Å². The van der Waals surface area contributed by atoms with Crippen molar-refractivity contribution >= 4 is 5.97 Å². The molecule has 1 aliphatic rings. The van der Waals surface area contributed by atoms with Crippen molar-refractivity contribution in [2.24, 2.45) is 5.92 Å². The fourth-order valence-corrected chi connectivity index (χ4v) is 3.26. The first-order valence-corrected chi connectivity index (χ1v) is 9.55. The first kappa shape index (κ1) is 19.2. The van der Waals surface area contributed by atoms with Gasteiger partial charge in [0.2, 0.25) is 0 Å². The molecule has 0 aliphatic carbocycles. The van der Waals surface area contributed by atoms with Crippen LogP contribution in [0.2, 0.25) is 0 Å². The van der Waals surface area contributed by atoms with Crippen LogP contribution in [0.5, 0.6) is 11.5 Å². The summed E-state index contributed by atoms with van der Waals surface area (Å²) >= 11 is 0. The molecule has 0 aromatic heterocycles. The molecule has 1 fully saturated rings. The third-order valence-corrected chi connectivity index (χ3v) is 4.94. The van der Waals surface area contributed by atoms with Crippen molar-refractivity contribution in [1.82, 2.24) is 4.90 Å². The van der Waals surface area contributed by atoms with Gasteiger partial charge in [0, 0.05) is 13.0 Å². The standard InChI is InChI=1S/C22H27NO4/c24-22(25)19-10-13-23(14-11-19)15-17-27-21-8-6-20(7-9-21)26-16-12-18-4-2-1-3-5-18/h1-9,19H,10-17H2,(H,24,25). The van der Waals surface area contributed by atoms with Crippen LogP contribution in [0.1, 0.15) is 18.4 Å². The number of carboxylic acids is 1. The highest BCUT2D eigenvalue weighted by Gasteiger charge is 2.24. The maximum Gasteiger partial charge on any atom is 0.306 e. The SMILES string of the molecule is O=C(O)C1CCN(CCOc2ccc(OCCc3ccccc3)cc2)CC1. The number of carboxylic acid groups (broad SMARTS) is 1. The van der Waals surface area contributed by atoms with E-state index in [2.05, 4.69) is 17.0 Å². The molecule has 3 rings (SSSR count). The Labute approximate surface area is 160 Å². The lowest BCUT2D eigenvalue weighted by atomic mass is 9.97. The van der Waals surface area contributed by atoms with Crippen LogP contribution >= 0.6 is 0 Å². The fraction of sp³-hybridized carbons (Fsp3) is 0.409. The van der Waals surface area contributed by atoms with Crippen molar-refractivity contribution < 1.29 is 19.4 Å². The summed E-state index contributed by atoms with van der Waals surface area (Å²) in [7, 11) is 0. The Hall–Kier alpha value is -2.53. The lowest BCUT2D eigenvalue weighted by molar-refractivity contribution is -0.143. The molecule has 0 spiro atoms. The Bertz CT molecular complexity index is 694. The van der Waals surface area contributed by atoms with Gasteiger partial charge in [-0.25, -0.2) is 0 Å². The molecule has 0 radical (unpaired) electrons. The second kappa shape index (κ2) is 9.97. The van der Waals surface area contributed by atoms with E-state index >= 15 is 0 Å². The lowest BCUT2D eigenvalue weighted by Gasteiger charge is -2.29. The summed E-state index contributed by atoms with van der Waals surface area (Å²) in [5, 5.41) is 9.03. The van der Waals surface area contributed by atoms with Crippen LogP contribution in [0.15, 0.2) is 54.6 Å². The molecule has 0 unspecified atom stereocenters. The minimum absolute atomic E-state index is 0.184. The summed E-state index contributed by atoms with van der Waals surface area (Å²) in [6.45, 7) is 3.73. The molecule has 2 aromatic rings. The van der Waals surface area contributed by atoms with Crippen LogP contribution in [-0.4, -0.2) is 48.8 Å². The molecule has 144 valence electrons. The zero-order chi connectivity index (χ0) is 18.9. The van der Waals surface area contributed by atoms with Gasteiger partial charge < -0.3 is 14.6 Å². The van der Waals surface area contributed by atoms with E-state index < -0.39 is 5.97 Å². The number of rotatable bonds is 9. The van der Waals surface area contributed by atoms with Crippen molar-refractivity contribution in [3.05, 3.63) is 60.2 Å². The topological polar surface area (TPSA) is 59.0 Å². The number of carbonyl (C=O) groups is 1. The number of nitrogens with zero attached hydrogens (tertiary/aromatic N) is 1. The molecule has 0 atom stereocenters. The largest absolute Gasteiger partial charge is 0.493 e. The Kier molecular flexibility index (Phi) is 7.11. The Morgan fingerprint density at radius 1 is 0.926 bits per heavy atom. The van der Waals surface area contributed by atoms with E-state index in [9.17, 15) is 4.79 Å². The van der Waals surface area contributed by atoms with Gasteiger partial charge in [0.25, 0.3) is 0 Å². The van der Waals surface area contributed by atoms with E-state index in [0.29, 0.717) is 13.2 Å². The van der Waals surface area contributed by atoms with Gasteiger partial charge in [-0.1, -0.05) is 30.3 Å². The Balaban J connectivity index is 1.33. The van der Waals surface area contributed by atoms with Crippen molar-refractivity contribution in [3.63, 3.8) is 0 Å². The molecule has 5 nitrogen and oxygen atoms in total. The van der Waals surface area contributed by atoms with E-state index in [0.717, 1.165) is 50.4 Å². The van der Waals surface area contributed by atoms with Gasteiger partial charge in [0.05, 0.1) is 12.5 Å². The van der Waals surface area contributed by atoms with Gasteiger partial charge in [-0.2, -0.15) is 0 Å². The molecule has 27 heavy (non-hydrogen) atoms. The minimum Gasteiger partial charge on any atom is -0.493 e. The van der Waals surface area contributed by atoms with Crippen LogP contribution in [0, 0.1) is 5.92 Å². The molecule has 0 amide bonds. The number of ether oxygens (including phenoxy) is 2. The Morgan fingerprint density at radius 2 is 1.52 bits per heavy atom. The van der Waals surface area contributed by atoms with Crippen molar-refractivity contribution in [2.75, 3.05) is 32.8 Å². The average molecular weight is 369 g/mol. The fourth-order valence-electron chi connectivity index (χ4n) is 3.26. The second-order valence-electron chi connectivity index (χ2n) is 6.86. The third kappa shape index (κ3) is 6.29. The second-order valence-corrected chi connectivity index (χ2v) is 6.86. The maximum atomic E-state index is 11.0. The van der Waals surface area contributed by atoms with Crippen molar-refractivity contribution in [3.8, 4) is 11.5 Å². The summed E-state index contributed by atoms with van der Waals surface area (Å²) in [4.78, 5) is 13.2. The van der Waals surface area contributed by atoms with E-state index in [1.165, 1.54) is 5.56 Å². The summed E-state index contributed by atoms with van der Waals surface area (Å²) in [6, 6.07) is 18.0. The van der Waals surface area contributed by atoms with Crippen molar-refractivity contribution in [2.45, 2.75) is 19.3 Å². The number of likely N-dealkylation sites (tertiary alicyclic amines) is 1. The Morgan fingerprint density at radius 3 is 2.11 bits per heavy atom. The molecular weight excluding hydrogens is 342 g/mol. The molecule has 1 aliphatic heterocycles. The first-order chi connectivity index (χ1) is 13.2. The summed E-state index contributed by atoms with van der Waals surface area (Å²) in [6.07, 6.45) is 2.34. The van der Waals surface area contributed by atoms with Gasteiger partial charge in [-0.15, -0.1) is 0 Å². The predicted molar refractivity (Wildman–Crippen MR) is 104 cm³/mol. The van der Waals surface area contributed by atoms with E-state index in [1.807, 2.05) is 42.5 Å². The number of benzene rings is 2. The molecule has 5 heteroatoms. The zero-order valence-corrected chi connectivity index (χ0v) is 15.5. The predicted octanol–water partition coefficient (Wildman–Crippen LogP) is 3.48. The number of aliphatic carboxylic acids is 1. The van der Waals surface area contributed by atoms with Crippen LogP contribution in [-0.2, 0) is 11.2 Å². The summed E-state index contributed by atoms with van der Waals surface area (Å²) in [5.74, 6) is 0.813. The average Bonchev–Trinajstić information content (AvgIpc) is 2.70. The molecule has 0 bridgehead atoms. The molecule has 1 saturated heterocycles. The monoisotopic (exact) mass is 369 g/mol. The molecule has 0 saturated carbocycles. The summed E-state index contributed by atoms with van der Waals surface area (Å²) in [5.41, 5.74) is 1.27. The van der Waals surface area contributed by atoms with E-state index in [1.54, 1.807) is 0 Å². The third-order valence-electron chi connectivity index (χ3n) is 4.94. The zero-order valence-electron chi connectivity index (χ0n) is 15.5. The quantitative estimate of drug-likeness (QED) is 0.733. The highest BCUT2D eigenvalue weighted by atomic mass is 16.5. The number of hydrogen-bond acceptors (Lipinski definition) is 4. The van der Waals surface area contributed by atoms with Crippen LogP contribution in [0.25, 0.3) is 0 Å². The van der Waals surface area contributed by atoms with Gasteiger partial charge >= 0.3 is 5.97 Å². The van der Waals surface area contributed by atoms with Crippen LogP contribution in [0.4, 0.5) is 0 Å². The highest BCUT2D eigenvalue weighted by Crippen LogP contribution is 2.19. The smallest absolute Gasteiger partial charge is 0.306 e. The molecule has 1 heterocycles. The molecule has 2 aromatic carbocycles. The van der Waals surface area contributed by atoms with Gasteiger partial charge in [0.15, 0.2) is 0 Å². The number of hydrogen-bond donors (Lipinski definition) is 1. The molecule has 1 N–H and O–H groups in total. The lowest BCUT2D eigenvalue weighted by Crippen LogP contribution is -2.38. The van der Waals surface area contributed by atoms with Crippen LogP contribution in [0.3, 0.4) is 0 Å². The van der Waals surface area contributed by atoms with E-state index in [-0.39, 0.29) is 5.92 Å². The van der Waals surface area contributed by atoms with Gasteiger partial charge in [-0.05, 0) is 55.8 Å². The van der Waals surface area contributed by atoms with E-state index in [4.69, 9.17) is 14.6 Å². The highest BCUT2D eigenvalue weighted by molar-refractivity contribution is 5.70. The summed E-state index contributed by atoms with van der Waals surface area (Å²) < 4.78 is 11.6. The van der Waals surface area contributed by atoms with Gasteiger partial charge in [-0.3, -0.25) is 9.69 Å². The van der Waals surface area contributed by atoms with Crippen molar-refractivity contribution in [1.29, 1.82) is 0 Å². The minimum atomic E-state index is -0.669. The van der Waals surface area contributed by atoms with Crippen LogP contribution < -0.4 is 9.47 Å².